The predicted molar refractivity (Wildman–Crippen MR) is 313 cm³/mol. The Kier molecular flexibility index (Phi) is 12.2. The molecule has 11 aromatic rings. The fraction of sp³-hybridized carbons (Fsp3) is 0.127. The molecule has 2 heterocycles. The van der Waals surface area contributed by atoms with Crippen LogP contribution < -0.4 is 0 Å². The van der Waals surface area contributed by atoms with Crippen LogP contribution in [-0.4, -0.2) is 14.5 Å². The third-order valence-electron chi connectivity index (χ3n) is 15.0. The maximum absolute atomic E-state index is 5.55. The van der Waals surface area contributed by atoms with Crippen molar-refractivity contribution in [3.05, 3.63) is 271 Å². The SMILES string of the molecule is CC(C)c1ccc(C2CC(c3cc(-c4ccccc4)nc(-c4ccc(-c5ccccc5)cc4)n3)=CC(c3ccc(C(C)(C)C)cc3)=C2n2c3ccc(-c4ccccc4)cc3c3cc(-c4ccccc4)ccc32)cc1. The van der Waals surface area contributed by atoms with E-state index in [2.05, 4.69) is 282 Å². The van der Waals surface area contributed by atoms with Crippen molar-refractivity contribution < 1.29 is 0 Å². The molecule has 0 amide bonds. The Morgan fingerprint density at radius 2 is 0.878 bits per heavy atom. The summed E-state index contributed by atoms with van der Waals surface area (Å²) in [5.41, 5.74) is 22.0. The van der Waals surface area contributed by atoms with Gasteiger partial charge in [-0.3, -0.25) is 0 Å². The van der Waals surface area contributed by atoms with Crippen molar-refractivity contribution in [3.63, 3.8) is 0 Å². The van der Waals surface area contributed by atoms with Crippen LogP contribution in [-0.2, 0) is 5.41 Å². The lowest BCUT2D eigenvalue weighted by atomic mass is 9.78. The topological polar surface area (TPSA) is 30.7 Å². The molecule has 2 aromatic heterocycles. The molecule has 1 aliphatic rings. The van der Waals surface area contributed by atoms with Crippen LogP contribution in [0.15, 0.2) is 243 Å². The number of benzene rings is 9. The maximum Gasteiger partial charge on any atom is 0.160 e. The Morgan fingerprint density at radius 1 is 0.432 bits per heavy atom. The average molecular weight is 954 g/mol. The smallest absolute Gasteiger partial charge is 0.160 e. The van der Waals surface area contributed by atoms with Gasteiger partial charge in [-0.2, -0.15) is 0 Å². The second-order valence-corrected chi connectivity index (χ2v) is 21.2. The van der Waals surface area contributed by atoms with Gasteiger partial charge in [-0.15, -0.1) is 0 Å². The van der Waals surface area contributed by atoms with Crippen molar-refractivity contribution in [1.82, 2.24) is 14.5 Å². The average Bonchev–Trinajstić information content (AvgIpc) is 3.79. The maximum atomic E-state index is 5.55. The van der Waals surface area contributed by atoms with Crippen molar-refractivity contribution in [1.29, 1.82) is 0 Å². The first-order valence-electron chi connectivity index (χ1n) is 26.1. The zero-order chi connectivity index (χ0) is 50.3. The minimum absolute atomic E-state index is 0.00570. The Labute approximate surface area is 435 Å². The molecule has 3 heteroatoms. The first-order chi connectivity index (χ1) is 36.1. The van der Waals surface area contributed by atoms with Gasteiger partial charge >= 0.3 is 0 Å². The van der Waals surface area contributed by atoms with Gasteiger partial charge in [0.05, 0.1) is 22.4 Å². The summed E-state index contributed by atoms with van der Waals surface area (Å²) in [4.78, 5) is 10.9. The van der Waals surface area contributed by atoms with Gasteiger partial charge in [-0.1, -0.05) is 241 Å². The van der Waals surface area contributed by atoms with Gasteiger partial charge in [0.2, 0.25) is 0 Å². The van der Waals surface area contributed by atoms with Crippen LogP contribution in [0.3, 0.4) is 0 Å². The number of allylic oxidation sites excluding steroid dienone is 4. The fourth-order valence-electron chi connectivity index (χ4n) is 10.9. The first kappa shape index (κ1) is 46.4. The van der Waals surface area contributed by atoms with E-state index in [-0.39, 0.29) is 11.3 Å². The molecule has 0 N–H and O–H groups in total. The molecule has 0 spiro atoms. The van der Waals surface area contributed by atoms with Crippen molar-refractivity contribution in [2.45, 2.75) is 58.3 Å². The molecule has 1 atom stereocenters. The highest BCUT2D eigenvalue weighted by molar-refractivity contribution is 6.15. The van der Waals surface area contributed by atoms with Gasteiger partial charge in [-0.25, -0.2) is 9.97 Å². The standard InChI is InChI=1S/C71H59N3/c1-47(2)48-26-30-53(31-27-48)61-44-59(66-46-65(55-24-16-9-17-25-55)72-70(73-66)56-32-28-52(29-33-56)49-18-10-6-11-19-49)45-62(54-34-38-60(39-35-54)71(3,4)5)69(61)74-67-40-36-57(50-20-12-7-13-21-50)42-63(67)64-43-58(37-41-68(64)74)51-22-14-8-15-23-51/h6-43,45-47,61H,44H2,1-5H3. The van der Waals surface area contributed by atoms with Gasteiger partial charge in [0.1, 0.15) is 0 Å². The predicted octanol–water partition coefficient (Wildman–Crippen LogP) is 19.0. The lowest BCUT2D eigenvalue weighted by Gasteiger charge is -2.32. The quantitative estimate of drug-likeness (QED) is 0.137. The number of rotatable bonds is 10. The van der Waals surface area contributed by atoms with Crippen LogP contribution in [0.1, 0.15) is 80.8 Å². The molecule has 74 heavy (non-hydrogen) atoms. The molecule has 0 saturated heterocycles. The van der Waals surface area contributed by atoms with Crippen LogP contribution >= 0.6 is 0 Å². The second kappa shape index (κ2) is 19.4. The summed E-state index contributed by atoms with van der Waals surface area (Å²) in [5.74, 6) is 1.06. The van der Waals surface area contributed by atoms with E-state index < -0.39 is 0 Å². The largest absolute Gasteiger partial charge is 0.312 e. The van der Waals surface area contributed by atoms with E-state index in [0.29, 0.717) is 11.7 Å². The summed E-state index contributed by atoms with van der Waals surface area (Å²) in [5, 5.41) is 2.45. The van der Waals surface area contributed by atoms with Crippen LogP contribution in [0.5, 0.6) is 0 Å². The molecule has 0 bridgehead atoms. The number of hydrogen-bond acceptors (Lipinski definition) is 2. The molecule has 1 unspecified atom stereocenters. The number of aromatic nitrogens is 3. The van der Waals surface area contributed by atoms with E-state index in [4.69, 9.17) is 9.97 Å². The molecule has 0 saturated carbocycles. The number of fused-ring (bicyclic) bond motifs is 3. The van der Waals surface area contributed by atoms with E-state index in [1.807, 2.05) is 0 Å². The molecule has 0 aliphatic heterocycles. The highest BCUT2D eigenvalue weighted by Gasteiger charge is 2.32. The highest BCUT2D eigenvalue weighted by Crippen LogP contribution is 2.50. The molecule has 0 radical (unpaired) electrons. The van der Waals surface area contributed by atoms with Gasteiger partial charge in [0.15, 0.2) is 5.82 Å². The number of nitrogens with zero attached hydrogens (tertiary/aromatic N) is 3. The Hall–Kier alpha value is -8.66. The zero-order valence-electron chi connectivity index (χ0n) is 42.8. The minimum atomic E-state index is -0.0568. The van der Waals surface area contributed by atoms with Crippen LogP contribution in [0.25, 0.3) is 94.7 Å². The van der Waals surface area contributed by atoms with Crippen LogP contribution in [0, 0.1) is 0 Å². The summed E-state index contributed by atoms with van der Waals surface area (Å²) < 4.78 is 2.60. The summed E-state index contributed by atoms with van der Waals surface area (Å²) in [6.45, 7) is 11.4. The van der Waals surface area contributed by atoms with E-state index in [9.17, 15) is 0 Å². The summed E-state index contributed by atoms with van der Waals surface area (Å²) in [6, 6.07) is 86.5. The van der Waals surface area contributed by atoms with Crippen molar-refractivity contribution in [3.8, 4) is 56.0 Å². The fourth-order valence-corrected chi connectivity index (χ4v) is 10.9. The molecular formula is C71H59N3. The first-order valence-corrected chi connectivity index (χ1v) is 26.1. The lowest BCUT2D eigenvalue weighted by Crippen LogP contribution is -2.16. The van der Waals surface area contributed by atoms with Crippen molar-refractivity contribution in [2.24, 2.45) is 0 Å². The third kappa shape index (κ3) is 9.00. The van der Waals surface area contributed by atoms with Crippen molar-refractivity contribution >= 4 is 38.6 Å². The highest BCUT2D eigenvalue weighted by atomic mass is 15.0. The van der Waals surface area contributed by atoms with Gasteiger partial charge in [-0.05, 0) is 115 Å². The molecule has 358 valence electrons. The Bertz CT molecular complexity index is 3760. The van der Waals surface area contributed by atoms with E-state index in [1.54, 1.807) is 0 Å². The molecular weight excluding hydrogens is 895 g/mol. The van der Waals surface area contributed by atoms with Crippen molar-refractivity contribution in [2.75, 3.05) is 0 Å². The molecule has 9 aromatic carbocycles. The van der Waals surface area contributed by atoms with Crippen LogP contribution in [0.4, 0.5) is 0 Å². The summed E-state index contributed by atoms with van der Waals surface area (Å²) in [7, 11) is 0. The summed E-state index contributed by atoms with van der Waals surface area (Å²) >= 11 is 0. The van der Waals surface area contributed by atoms with E-state index in [0.717, 1.165) is 34.5 Å². The minimum Gasteiger partial charge on any atom is -0.312 e. The monoisotopic (exact) mass is 953 g/mol. The van der Waals surface area contributed by atoms with Gasteiger partial charge in [0.25, 0.3) is 0 Å². The van der Waals surface area contributed by atoms with Gasteiger partial charge < -0.3 is 4.57 Å². The molecule has 0 fully saturated rings. The van der Waals surface area contributed by atoms with Gasteiger partial charge in [0, 0.05) is 39.1 Å². The molecule has 3 nitrogen and oxygen atoms in total. The third-order valence-corrected chi connectivity index (χ3v) is 15.0. The zero-order valence-corrected chi connectivity index (χ0v) is 42.8. The van der Waals surface area contributed by atoms with E-state index in [1.165, 1.54) is 88.7 Å². The summed E-state index contributed by atoms with van der Waals surface area (Å²) in [6.07, 6.45) is 3.18. The lowest BCUT2D eigenvalue weighted by molar-refractivity contribution is 0.590. The number of hydrogen-bond donors (Lipinski definition) is 0. The second-order valence-electron chi connectivity index (χ2n) is 21.2. The Balaban J connectivity index is 1.14. The normalized spacial score (nSPS) is 14.0. The van der Waals surface area contributed by atoms with Crippen LogP contribution in [0.2, 0.25) is 0 Å². The molecule has 12 rings (SSSR count). The molecule has 1 aliphatic carbocycles. The van der Waals surface area contributed by atoms with E-state index >= 15 is 0 Å². The Morgan fingerprint density at radius 3 is 1.39 bits per heavy atom.